The summed E-state index contributed by atoms with van der Waals surface area (Å²) in [6.07, 6.45) is 0.896. The lowest BCUT2D eigenvalue weighted by molar-refractivity contribution is -0.385. The van der Waals surface area contributed by atoms with Crippen LogP contribution in [0, 0.1) is 10.1 Å². The zero-order chi connectivity index (χ0) is 18.4. The van der Waals surface area contributed by atoms with Crippen LogP contribution in [-0.2, 0) is 4.74 Å². The lowest BCUT2D eigenvalue weighted by Gasteiger charge is -2.35. The fraction of sp³-hybridized carbons (Fsp3) is 0.625. The first-order chi connectivity index (χ1) is 11.7. The number of nitrogens with zero attached hydrogens (tertiary/aromatic N) is 4. The standard InChI is InChI=1S/C16H24N4O5/c1-16(2,3)25-15(21)19-8-6-18(7-9-19)10-11-24-14-5-4-13(12-17-14)20(22)23/h4-5,12H,6-11H2,1-3H3. The van der Waals surface area contributed by atoms with Crippen LogP contribution in [0.15, 0.2) is 18.3 Å². The first-order valence-electron chi connectivity index (χ1n) is 8.18. The van der Waals surface area contributed by atoms with Crippen molar-refractivity contribution in [2.45, 2.75) is 26.4 Å². The van der Waals surface area contributed by atoms with Gasteiger partial charge in [0, 0.05) is 44.9 Å². The van der Waals surface area contributed by atoms with Gasteiger partial charge in [-0.05, 0) is 20.8 Å². The Hall–Kier alpha value is -2.42. The molecule has 1 aliphatic rings. The van der Waals surface area contributed by atoms with Crippen molar-refractivity contribution in [3.63, 3.8) is 0 Å². The predicted molar refractivity (Wildman–Crippen MR) is 90.6 cm³/mol. The second kappa shape index (κ2) is 8.11. The molecule has 0 atom stereocenters. The Kier molecular flexibility index (Phi) is 6.13. The maximum atomic E-state index is 12.0. The number of hydrogen-bond donors (Lipinski definition) is 0. The molecule has 138 valence electrons. The molecule has 1 aromatic heterocycles. The third-order valence-corrected chi connectivity index (χ3v) is 3.61. The summed E-state index contributed by atoms with van der Waals surface area (Å²) in [7, 11) is 0. The van der Waals surface area contributed by atoms with Crippen LogP contribution in [0.1, 0.15) is 20.8 Å². The summed E-state index contributed by atoms with van der Waals surface area (Å²) in [4.78, 5) is 29.9. The van der Waals surface area contributed by atoms with Gasteiger partial charge in [0.05, 0.1) is 4.92 Å². The summed E-state index contributed by atoms with van der Waals surface area (Å²) in [6, 6.07) is 2.85. The number of amides is 1. The van der Waals surface area contributed by atoms with Gasteiger partial charge in [-0.3, -0.25) is 15.0 Å². The Morgan fingerprint density at radius 2 is 1.96 bits per heavy atom. The van der Waals surface area contributed by atoms with E-state index in [1.807, 2.05) is 20.8 Å². The maximum Gasteiger partial charge on any atom is 0.410 e. The summed E-state index contributed by atoms with van der Waals surface area (Å²) in [6.45, 7) is 9.40. The molecular formula is C16H24N4O5. The molecule has 0 saturated carbocycles. The van der Waals surface area contributed by atoms with Crippen molar-refractivity contribution in [1.82, 2.24) is 14.8 Å². The molecule has 1 amide bonds. The number of hydrogen-bond acceptors (Lipinski definition) is 7. The number of piperazine rings is 1. The Morgan fingerprint density at radius 3 is 2.48 bits per heavy atom. The van der Waals surface area contributed by atoms with Crippen LogP contribution in [0.3, 0.4) is 0 Å². The molecule has 2 heterocycles. The Labute approximate surface area is 146 Å². The smallest absolute Gasteiger partial charge is 0.410 e. The van der Waals surface area contributed by atoms with Crippen molar-refractivity contribution in [2.24, 2.45) is 0 Å². The summed E-state index contributed by atoms with van der Waals surface area (Å²) in [5.41, 5.74) is -0.551. The van der Waals surface area contributed by atoms with Gasteiger partial charge in [-0.2, -0.15) is 0 Å². The number of rotatable bonds is 5. The van der Waals surface area contributed by atoms with E-state index in [9.17, 15) is 14.9 Å². The van der Waals surface area contributed by atoms with Crippen LogP contribution in [0.25, 0.3) is 0 Å². The van der Waals surface area contributed by atoms with Gasteiger partial charge < -0.3 is 14.4 Å². The van der Waals surface area contributed by atoms with E-state index in [4.69, 9.17) is 9.47 Å². The van der Waals surface area contributed by atoms with Crippen LogP contribution >= 0.6 is 0 Å². The molecule has 0 N–H and O–H groups in total. The molecule has 2 rings (SSSR count). The molecule has 0 unspecified atom stereocenters. The number of aromatic nitrogens is 1. The third-order valence-electron chi connectivity index (χ3n) is 3.61. The molecule has 25 heavy (non-hydrogen) atoms. The van der Waals surface area contributed by atoms with Crippen molar-refractivity contribution >= 4 is 11.8 Å². The molecule has 0 radical (unpaired) electrons. The van der Waals surface area contributed by atoms with E-state index in [0.717, 1.165) is 13.1 Å². The van der Waals surface area contributed by atoms with Gasteiger partial charge in [0.15, 0.2) is 0 Å². The SMILES string of the molecule is CC(C)(C)OC(=O)N1CCN(CCOc2ccc([N+](=O)[O-])cn2)CC1. The summed E-state index contributed by atoms with van der Waals surface area (Å²) >= 11 is 0. The van der Waals surface area contributed by atoms with Gasteiger partial charge in [0.2, 0.25) is 5.88 Å². The van der Waals surface area contributed by atoms with E-state index in [1.54, 1.807) is 4.90 Å². The fourth-order valence-electron chi connectivity index (χ4n) is 2.33. The lowest BCUT2D eigenvalue weighted by Crippen LogP contribution is -2.50. The van der Waals surface area contributed by atoms with Gasteiger partial charge >= 0.3 is 6.09 Å². The first kappa shape index (κ1) is 18.9. The van der Waals surface area contributed by atoms with Crippen LogP contribution in [-0.4, -0.2) is 70.7 Å². The molecule has 1 fully saturated rings. The minimum Gasteiger partial charge on any atom is -0.476 e. The Balaban J connectivity index is 1.68. The van der Waals surface area contributed by atoms with E-state index >= 15 is 0 Å². The fourth-order valence-corrected chi connectivity index (χ4v) is 2.33. The van der Waals surface area contributed by atoms with E-state index in [-0.39, 0.29) is 11.8 Å². The molecule has 0 bridgehead atoms. The zero-order valence-electron chi connectivity index (χ0n) is 14.8. The second-order valence-corrected chi connectivity index (χ2v) is 6.77. The number of carbonyl (C=O) groups excluding carboxylic acids is 1. The molecule has 0 aliphatic carbocycles. The van der Waals surface area contributed by atoms with Gasteiger partial charge in [-0.15, -0.1) is 0 Å². The molecule has 0 spiro atoms. The minimum atomic E-state index is -0.499. The van der Waals surface area contributed by atoms with Crippen LogP contribution in [0.2, 0.25) is 0 Å². The van der Waals surface area contributed by atoms with E-state index < -0.39 is 10.5 Å². The Bertz CT molecular complexity index is 592. The van der Waals surface area contributed by atoms with Gasteiger partial charge in [0.25, 0.3) is 5.69 Å². The topological polar surface area (TPSA) is 98.0 Å². The molecule has 9 heteroatoms. The van der Waals surface area contributed by atoms with Crippen molar-refractivity contribution in [3.8, 4) is 5.88 Å². The summed E-state index contributed by atoms with van der Waals surface area (Å²) in [5, 5.41) is 10.6. The lowest BCUT2D eigenvalue weighted by atomic mass is 10.2. The quantitative estimate of drug-likeness (QED) is 0.590. The molecule has 9 nitrogen and oxygen atoms in total. The van der Waals surface area contributed by atoms with Crippen molar-refractivity contribution in [1.29, 1.82) is 0 Å². The highest BCUT2D eigenvalue weighted by molar-refractivity contribution is 5.68. The van der Waals surface area contributed by atoms with Crippen molar-refractivity contribution < 1.29 is 19.2 Å². The molecule has 0 aromatic carbocycles. The van der Waals surface area contributed by atoms with Gasteiger partial charge in [-0.25, -0.2) is 9.78 Å². The van der Waals surface area contributed by atoms with Crippen LogP contribution in [0.5, 0.6) is 5.88 Å². The van der Waals surface area contributed by atoms with Crippen molar-refractivity contribution in [2.75, 3.05) is 39.3 Å². The average molecular weight is 352 g/mol. The van der Waals surface area contributed by atoms with Gasteiger partial charge in [0.1, 0.15) is 18.4 Å². The summed E-state index contributed by atoms with van der Waals surface area (Å²) in [5.74, 6) is 0.359. The number of ether oxygens (including phenoxy) is 2. The van der Waals surface area contributed by atoms with Crippen molar-refractivity contribution in [3.05, 3.63) is 28.4 Å². The van der Waals surface area contributed by atoms with E-state index in [2.05, 4.69) is 9.88 Å². The molecule has 1 aromatic rings. The monoisotopic (exact) mass is 352 g/mol. The third kappa shape index (κ3) is 6.18. The van der Waals surface area contributed by atoms with Gasteiger partial charge in [-0.1, -0.05) is 0 Å². The molecular weight excluding hydrogens is 328 g/mol. The zero-order valence-corrected chi connectivity index (χ0v) is 14.8. The highest BCUT2D eigenvalue weighted by atomic mass is 16.6. The highest BCUT2D eigenvalue weighted by Gasteiger charge is 2.25. The molecule has 1 aliphatic heterocycles. The van der Waals surface area contributed by atoms with Crippen LogP contribution in [0.4, 0.5) is 10.5 Å². The number of carbonyl (C=O) groups is 1. The predicted octanol–water partition coefficient (Wildman–Crippen LogP) is 1.92. The van der Waals surface area contributed by atoms with E-state index in [1.165, 1.54) is 18.3 Å². The summed E-state index contributed by atoms with van der Waals surface area (Å²) < 4.78 is 10.9. The first-order valence-corrected chi connectivity index (χ1v) is 8.18. The largest absolute Gasteiger partial charge is 0.476 e. The highest BCUT2D eigenvalue weighted by Crippen LogP contribution is 2.14. The molecule has 1 saturated heterocycles. The van der Waals surface area contributed by atoms with Crippen LogP contribution < -0.4 is 4.74 Å². The normalized spacial score (nSPS) is 15.7. The average Bonchev–Trinajstić information content (AvgIpc) is 2.54. The van der Waals surface area contributed by atoms with E-state index in [0.29, 0.717) is 32.1 Å². The maximum absolute atomic E-state index is 12.0. The Morgan fingerprint density at radius 1 is 1.28 bits per heavy atom. The minimum absolute atomic E-state index is 0.0642. The second-order valence-electron chi connectivity index (χ2n) is 6.77. The number of pyridine rings is 1. The number of nitro groups is 1.